The molecule has 7 nitrogen and oxygen atoms in total. The number of carbonyl (C=O) groups is 2. The highest BCUT2D eigenvalue weighted by Crippen LogP contribution is 2.31. The molecule has 3 aromatic rings. The maximum atomic E-state index is 12.8. The first-order chi connectivity index (χ1) is 14.0. The fourth-order valence-electron chi connectivity index (χ4n) is 3.49. The molecular weight excluding hydrogens is 386 g/mol. The second-order valence-electron chi connectivity index (χ2n) is 6.93. The van der Waals surface area contributed by atoms with E-state index in [1.165, 1.54) is 11.3 Å². The van der Waals surface area contributed by atoms with Gasteiger partial charge >= 0.3 is 0 Å². The smallest absolute Gasteiger partial charge is 0.261 e. The maximum Gasteiger partial charge on any atom is 0.261 e. The minimum atomic E-state index is -0.218. The molecule has 3 heterocycles. The number of nitrogens with one attached hydrogen (secondary N) is 2. The zero-order valence-corrected chi connectivity index (χ0v) is 17.1. The van der Waals surface area contributed by atoms with Crippen LogP contribution in [0.4, 0.5) is 10.8 Å². The van der Waals surface area contributed by atoms with E-state index < -0.39 is 0 Å². The van der Waals surface area contributed by atoms with Gasteiger partial charge < -0.3 is 5.32 Å². The summed E-state index contributed by atoms with van der Waals surface area (Å²) in [5.41, 5.74) is 5.75. The number of fused-ring (bicyclic) bond motifs is 1. The van der Waals surface area contributed by atoms with Crippen LogP contribution in [0.3, 0.4) is 0 Å². The van der Waals surface area contributed by atoms with E-state index in [-0.39, 0.29) is 11.8 Å². The lowest BCUT2D eigenvalue weighted by Gasteiger charge is -2.17. The highest BCUT2D eigenvalue weighted by atomic mass is 32.1. The molecule has 1 aromatic carbocycles. The fourth-order valence-corrected chi connectivity index (χ4v) is 4.21. The quantitative estimate of drug-likeness (QED) is 0.627. The lowest BCUT2D eigenvalue weighted by atomic mass is 9.99. The van der Waals surface area contributed by atoms with Gasteiger partial charge in [0.15, 0.2) is 5.13 Å². The number of thiazole rings is 1. The minimum absolute atomic E-state index is 0.0471. The van der Waals surface area contributed by atoms with Crippen LogP contribution < -0.4 is 10.6 Å². The number of hydrogen-bond acceptors (Lipinski definition) is 5. The molecule has 29 heavy (non-hydrogen) atoms. The Bertz CT molecular complexity index is 1130. The summed E-state index contributed by atoms with van der Waals surface area (Å²) in [6.45, 7) is 7.97. The number of hydrogen-bond donors (Lipinski definition) is 2. The molecule has 0 radical (unpaired) electrons. The van der Waals surface area contributed by atoms with Crippen LogP contribution >= 0.6 is 11.3 Å². The maximum absolute atomic E-state index is 12.8. The average Bonchev–Trinajstić information content (AvgIpc) is 3.26. The highest BCUT2D eigenvalue weighted by Gasteiger charge is 2.20. The molecule has 0 aliphatic carbocycles. The Kier molecular flexibility index (Phi) is 5.02. The predicted octanol–water partition coefficient (Wildman–Crippen LogP) is 3.95. The first-order valence-electron chi connectivity index (χ1n) is 9.31. The Hall–Kier alpha value is -3.26. The molecule has 1 aliphatic rings. The summed E-state index contributed by atoms with van der Waals surface area (Å²) in [4.78, 5) is 28.9. The number of nitrogens with zero attached hydrogens (tertiary/aromatic N) is 3. The number of amides is 2. The molecule has 0 atom stereocenters. The standard InChI is InChI=1S/C21H21N5O2S/c1-4-9-26-13(3)19(12(2)25-26)20(28)24-21-23-17(11-29-21)15-5-7-16-14(10-15)6-8-18(27)22-16/h4-5,7,10-11H,1,6,8-9H2,2-3H3,(H,22,27)(H,23,24,28). The molecule has 0 unspecified atom stereocenters. The van der Waals surface area contributed by atoms with Crippen molar-refractivity contribution in [1.82, 2.24) is 14.8 Å². The number of benzene rings is 1. The molecule has 4 rings (SSSR count). The molecule has 2 amide bonds. The third-order valence-corrected chi connectivity index (χ3v) is 5.69. The molecule has 1 aliphatic heterocycles. The van der Waals surface area contributed by atoms with Gasteiger partial charge in [0.25, 0.3) is 5.91 Å². The number of carbonyl (C=O) groups excluding carboxylic acids is 2. The molecule has 0 saturated carbocycles. The van der Waals surface area contributed by atoms with Crippen LogP contribution in [-0.4, -0.2) is 26.6 Å². The van der Waals surface area contributed by atoms with Crippen LogP contribution in [0.15, 0.2) is 36.2 Å². The predicted molar refractivity (Wildman–Crippen MR) is 114 cm³/mol. The molecule has 0 bridgehead atoms. The van der Waals surface area contributed by atoms with Crippen molar-refractivity contribution < 1.29 is 9.59 Å². The van der Waals surface area contributed by atoms with Gasteiger partial charge in [0, 0.05) is 28.7 Å². The van der Waals surface area contributed by atoms with Crippen molar-refractivity contribution in [1.29, 1.82) is 0 Å². The van der Waals surface area contributed by atoms with Crippen LogP contribution in [0.2, 0.25) is 0 Å². The third kappa shape index (κ3) is 3.71. The van der Waals surface area contributed by atoms with Gasteiger partial charge in [-0.25, -0.2) is 4.98 Å². The molecule has 8 heteroatoms. The van der Waals surface area contributed by atoms with E-state index in [4.69, 9.17) is 0 Å². The summed E-state index contributed by atoms with van der Waals surface area (Å²) in [5, 5.41) is 12.6. The van der Waals surface area contributed by atoms with Crippen molar-refractivity contribution in [2.45, 2.75) is 33.2 Å². The van der Waals surface area contributed by atoms with E-state index in [2.05, 4.69) is 27.3 Å². The zero-order valence-electron chi connectivity index (χ0n) is 16.3. The van der Waals surface area contributed by atoms with Crippen molar-refractivity contribution in [3.8, 4) is 11.3 Å². The van der Waals surface area contributed by atoms with Crippen molar-refractivity contribution in [2.24, 2.45) is 0 Å². The van der Waals surface area contributed by atoms with E-state index in [1.54, 1.807) is 10.8 Å². The van der Waals surface area contributed by atoms with Crippen LogP contribution in [-0.2, 0) is 17.8 Å². The number of anilines is 2. The molecule has 0 spiro atoms. The van der Waals surface area contributed by atoms with Gasteiger partial charge in [-0.2, -0.15) is 5.10 Å². The van der Waals surface area contributed by atoms with Crippen LogP contribution in [0, 0.1) is 13.8 Å². The SMILES string of the molecule is C=CCn1nc(C)c(C(=O)Nc2nc(-c3ccc4c(c3)CCC(=O)N4)cs2)c1C. The van der Waals surface area contributed by atoms with Gasteiger partial charge in [-0.1, -0.05) is 12.1 Å². The summed E-state index contributed by atoms with van der Waals surface area (Å²) in [6, 6.07) is 5.88. The molecule has 2 aromatic heterocycles. The average molecular weight is 407 g/mol. The Balaban J connectivity index is 1.54. The van der Waals surface area contributed by atoms with Gasteiger partial charge in [0.05, 0.1) is 23.5 Å². The minimum Gasteiger partial charge on any atom is -0.326 e. The van der Waals surface area contributed by atoms with Crippen molar-refractivity contribution in [2.75, 3.05) is 10.6 Å². The second-order valence-corrected chi connectivity index (χ2v) is 7.79. The summed E-state index contributed by atoms with van der Waals surface area (Å²) in [6.07, 6.45) is 2.96. The van der Waals surface area contributed by atoms with Crippen molar-refractivity contribution in [3.63, 3.8) is 0 Å². The first kappa shape index (κ1) is 19.1. The first-order valence-corrected chi connectivity index (χ1v) is 10.2. The van der Waals surface area contributed by atoms with E-state index in [9.17, 15) is 9.59 Å². The normalized spacial score (nSPS) is 13.0. The number of rotatable bonds is 5. The van der Waals surface area contributed by atoms with Gasteiger partial charge in [-0.3, -0.25) is 19.6 Å². The Labute approximate surface area is 172 Å². The number of aromatic nitrogens is 3. The Morgan fingerprint density at radius 1 is 1.38 bits per heavy atom. The van der Waals surface area contributed by atoms with E-state index >= 15 is 0 Å². The van der Waals surface area contributed by atoms with Gasteiger partial charge in [0.2, 0.25) is 5.91 Å². The molecular formula is C21H21N5O2S. The van der Waals surface area contributed by atoms with Gasteiger partial charge in [-0.15, -0.1) is 17.9 Å². The summed E-state index contributed by atoms with van der Waals surface area (Å²) in [5.74, 6) is -0.171. The van der Waals surface area contributed by atoms with E-state index in [0.717, 1.165) is 34.6 Å². The highest BCUT2D eigenvalue weighted by molar-refractivity contribution is 7.14. The van der Waals surface area contributed by atoms with Gasteiger partial charge in [-0.05, 0) is 38.0 Å². The van der Waals surface area contributed by atoms with Crippen molar-refractivity contribution in [3.05, 3.63) is 58.7 Å². The van der Waals surface area contributed by atoms with E-state index in [1.807, 2.05) is 37.4 Å². The zero-order chi connectivity index (χ0) is 20.5. The Morgan fingerprint density at radius 3 is 3.00 bits per heavy atom. The van der Waals surface area contributed by atoms with Crippen LogP contribution in [0.5, 0.6) is 0 Å². The molecule has 0 saturated heterocycles. The third-order valence-electron chi connectivity index (χ3n) is 4.93. The lowest BCUT2D eigenvalue weighted by Crippen LogP contribution is -2.18. The molecule has 148 valence electrons. The van der Waals surface area contributed by atoms with E-state index in [0.29, 0.717) is 29.4 Å². The van der Waals surface area contributed by atoms with Crippen molar-refractivity contribution >= 4 is 34.0 Å². The second kappa shape index (κ2) is 7.63. The monoisotopic (exact) mass is 407 g/mol. The number of allylic oxidation sites excluding steroid dienone is 1. The molecule has 2 N–H and O–H groups in total. The topological polar surface area (TPSA) is 88.9 Å². The largest absolute Gasteiger partial charge is 0.326 e. The summed E-state index contributed by atoms with van der Waals surface area (Å²) < 4.78 is 1.76. The Morgan fingerprint density at radius 2 is 2.21 bits per heavy atom. The number of aryl methyl sites for hydroxylation is 2. The summed E-state index contributed by atoms with van der Waals surface area (Å²) in [7, 11) is 0. The fraction of sp³-hybridized carbons (Fsp3) is 0.238. The van der Waals surface area contributed by atoms with Crippen LogP contribution in [0.1, 0.15) is 33.7 Å². The van der Waals surface area contributed by atoms with Gasteiger partial charge in [0.1, 0.15) is 0 Å². The van der Waals surface area contributed by atoms with Crippen LogP contribution in [0.25, 0.3) is 11.3 Å². The lowest BCUT2D eigenvalue weighted by molar-refractivity contribution is -0.116. The summed E-state index contributed by atoms with van der Waals surface area (Å²) >= 11 is 1.38. The molecule has 0 fully saturated rings.